The number of benzene rings is 1. The minimum Gasteiger partial charge on any atom is -0.508 e. The highest BCUT2D eigenvalue weighted by molar-refractivity contribution is 5.80. The van der Waals surface area contributed by atoms with Gasteiger partial charge in [0.2, 0.25) is 0 Å². The van der Waals surface area contributed by atoms with Crippen LogP contribution in [0, 0.1) is 0 Å². The molecule has 1 aromatic rings. The van der Waals surface area contributed by atoms with Gasteiger partial charge in [-0.25, -0.2) is 0 Å². The van der Waals surface area contributed by atoms with Gasteiger partial charge in [0.15, 0.2) is 0 Å². The molecule has 1 fully saturated rings. The fourth-order valence-corrected chi connectivity index (χ4v) is 3.56. The van der Waals surface area contributed by atoms with E-state index in [9.17, 15) is 9.90 Å². The van der Waals surface area contributed by atoms with Crippen LogP contribution in [0.25, 0.3) is 0 Å². The van der Waals surface area contributed by atoms with Gasteiger partial charge >= 0.3 is 0 Å². The number of phenolic OH excluding ortho intramolecular Hbond substituents is 1. The average Bonchev–Trinajstić information content (AvgIpc) is 2.47. The summed E-state index contributed by atoms with van der Waals surface area (Å²) in [6.45, 7) is 6.72. The maximum atomic E-state index is 11.6. The molecule has 0 aliphatic heterocycles. The van der Waals surface area contributed by atoms with E-state index in [1.54, 1.807) is 0 Å². The summed E-state index contributed by atoms with van der Waals surface area (Å²) in [5.41, 5.74) is 2.25. The number of hydrogen-bond donors (Lipinski definition) is 1. The first kappa shape index (κ1) is 17.1. The number of ketones is 1. The van der Waals surface area contributed by atoms with E-state index in [1.807, 2.05) is 6.07 Å². The maximum absolute atomic E-state index is 11.6. The van der Waals surface area contributed by atoms with E-state index < -0.39 is 0 Å². The standard InChI is InChI=1S/C20H30O2/c1-4-5-6-12-20(2,3)16-10-11-18(19(22)14-16)15-8-7-9-17(21)13-15/h10-11,14-15,22H,4-9,12-13H2,1-3H3. The second kappa shape index (κ2) is 7.30. The summed E-state index contributed by atoms with van der Waals surface area (Å²) in [6, 6.07) is 6.13. The third kappa shape index (κ3) is 4.12. The van der Waals surface area contributed by atoms with Crippen molar-refractivity contribution in [3.05, 3.63) is 29.3 Å². The van der Waals surface area contributed by atoms with Crippen LogP contribution >= 0.6 is 0 Å². The maximum Gasteiger partial charge on any atom is 0.133 e. The quantitative estimate of drug-likeness (QED) is 0.707. The molecule has 2 nitrogen and oxygen atoms in total. The largest absolute Gasteiger partial charge is 0.508 e. The first-order valence-corrected chi connectivity index (χ1v) is 8.79. The number of phenols is 1. The highest BCUT2D eigenvalue weighted by Gasteiger charge is 2.25. The van der Waals surface area contributed by atoms with E-state index in [2.05, 4.69) is 32.9 Å². The highest BCUT2D eigenvalue weighted by atomic mass is 16.3. The molecule has 1 aliphatic rings. The number of rotatable bonds is 6. The zero-order valence-electron chi connectivity index (χ0n) is 14.3. The Morgan fingerprint density at radius 3 is 2.68 bits per heavy atom. The topological polar surface area (TPSA) is 37.3 Å². The van der Waals surface area contributed by atoms with E-state index in [-0.39, 0.29) is 11.3 Å². The summed E-state index contributed by atoms with van der Waals surface area (Å²) in [7, 11) is 0. The van der Waals surface area contributed by atoms with Gasteiger partial charge in [-0.3, -0.25) is 4.79 Å². The van der Waals surface area contributed by atoms with Crippen LogP contribution in [-0.4, -0.2) is 10.9 Å². The van der Waals surface area contributed by atoms with Gasteiger partial charge < -0.3 is 5.11 Å². The highest BCUT2D eigenvalue weighted by Crippen LogP contribution is 2.39. The predicted molar refractivity (Wildman–Crippen MR) is 91.5 cm³/mol. The van der Waals surface area contributed by atoms with Crippen LogP contribution in [0.4, 0.5) is 0 Å². The lowest BCUT2D eigenvalue weighted by Crippen LogP contribution is -2.18. The van der Waals surface area contributed by atoms with E-state index in [1.165, 1.54) is 24.8 Å². The second-order valence-electron chi connectivity index (χ2n) is 7.45. The number of hydrogen-bond acceptors (Lipinski definition) is 2. The van der Waals surface area contributed by atoms with E-state index in [0.29, 0.717) is 24.4 Å². The van der Waals surface area contributed by atoms with E-state index >= 15 is 0 Å². The van der Waals surface area contributed by atoms with Gasteiger partial charge in [0.25, 0.3) is 0 Å². The predicted octanol–water partition coefficient (Wildman–Crippen LogP) is 5.48. The molecule has 0 radical (unpaired) electrons. The van der Waals surface area contributed by atoms with Crippen molar-refractivity contribution in [2.75, 3.05) is 0 Å². The molecule has 0 aromatic heterocycles. The lowest BCUT2D eigenvalue weighted by atomic mass is 9.77. The van der Waals surface area contributed by atoms with Gasteiger partial charge in [0.05, 0.1) is 0 Å². The molecule has 122 valence electrons. The van der Waals surface area contributed by atoms with Crippen molar-refractivity contribution in [3.63, 3.8) is 0 Å². The lowest BCUT2D eigenvalue weighted by Gasteiger charge is -2.27. The molecule has 22 heavy (non-hydrogen) atoms. The number of carbonyl (C=O) groups is 1. The Kier molecular flexibility index (Phi) is 5.66. The normalized spacial score (nSPS) is 19.4. The minimum absolute atomic E-state index is 0.0908. The zero-order valence-corrected chi connectivity index (χ0v) is 14.3. The number of unbranched alkanes of at least 4 members (excludes halogenated alkanes) is 2. The van der Waals surface area contributed by atoms with Crippen molar-refractivity contribution in [1.29, 1.82) is 0 Å². The average molecular weight is 302 g/mol. The van der Waals surface area contributed by atoms with Crippen molar-refractivity contribution in [1.82, 2.24) is 0 Å². The van der Waals surface area contributed by atoms with Crippen molar-refractivity contribution in [2.45, 2.75) is 83.5 Å². The van der Waals surface area contributed by atoms with E-state index in [4.69, 9.17) is 0 Å². The Hall–Kier alpha value is -1.31. The molecule has 0 heterocycles. The Bertz CT molecular complexity index is 516. The third-order valence-corrected chi connectivity index (χ3v) is 5.14. The first-order valence-electron chi connectivity index (χ1n) is 8.79. The number of Topliss-reactive ketones (excluding diaryl/α,β-unsaturated/α-hetero) is 1. The monoisotopic (exact) mass is 302 g/mol. The Balaban J connectivity index is 2.13. The SMILES string of the molecule is CCCCCC(C)(C)c1ccc(C2CCCC(=O)C2)c(O)c1. The van der Waals surface area contributed by atoms with Crippen molar-refractivity contribution in [2.24, 2.45) is 0 Å². The molecule has 2 heteroatoms. The first-order chi connectivity index (χ1) is 10.4. The Morgan fingerprint density at radius 1 is 1.27 bits per heavy atom. The molecule has 0 saturated heterocycles. The second-order valence-corrected chi connectivity index (χ2v) is 7.45. The summed E-state index contributed by atoms with van der Waals surface area (Å²) in [5.74, 6) is 0.916. The molecule has 1 aromatic carbocycles. The number of carbonyl (C=O) groups excluding carboxylic acids is 1. The van der Waals surface area contributed by atoms with Gasteiger partial charge in [-0.05, 0) is 47.8 Å². The molecular formula is C20H30O2. The number of aromatic hydroxyl groups is 1. The van der Waals surface area contributed by atoms with Crippen LogP contribution < -0.4 is 0 Å². The molecular weight excluding hydrogens is 272 g/mol. The fraction of sp³-hybridized carbons (Fsp3) is 0.650. The van der Waals surface area contributed by atoms with Crippen molar-refractivity contribution < 1.29 is 9.90 Å². The van der Waals surface area contributed by atoms with Crippen LogP contribution in [0.2, 0.25) is 0 Å². The van der Waals surface area contributed by atoms with Crippen LogP contribution in [0.1, 0.15) is 89.2 Å². The molecule has 1 N–H and O–H groups in total. The Labute approximate surface area is 134 Å². The van der Waals surface area contributed by atoms with Crippen LogP contribution in [0.5, 0.6) is 5.75 Å². The van der Waals surface area contributed by atoms with E-state index in [0.717, 1.165) is 24.8 Å². The molecule has 1 aliphatic carbocycles. The van der Waals surface area contributed by atoms with Crippen LogP contribution in [0.3, 0.4) is 0 Å². The van der Waals surface area contributed by atoms with Crippen molar-refractivity contribution in [3.8, 4) is 5.75 Å². The van der Waals surface area contributed by atoms with Gasteiger partial charge in [-0.1, -0.05) is 52.2 Å². The smallest absolute Gasteiger partial charge is 0.133 e. The Morgan fingerprint density at radius 2 is 2.05 bits per heavy atom. The van der Waals surface area contributed by atoms with Crippen LogP contribution in [0.15, 0.2) is 18.2 Å². The third-order valence-electron chi connectivity index (χ3n) is 5.14. The molecule has 0 spiro atoms. The molecule has 2 rings (SSSR count). The summed E-state index contributed by atoms with van der Waals surface area (Å²) in [5, 5.41) is 10.5. The van der Waals surface area contributed by atoms with Gasteiger partial charge in [-0.15, -0.1) is 0 Å². The summed E-state index contributed by atoms with van der Waals surface area (Å²) in [6.07, 6.45) is 8.12. The van der Waals surface area contributed by atoms with Gasteiger partial charge in [-0.2, -0.15) is 0 Å². The molecule has 0 amide bonds. The molecule has 1 unspecified atom stereocenters. The summed E-state index contributed by atoms with van der Waals surface area (Å²) < 4.78 is 0. The van der Waals surface area contributed by atoms with Crippen LogP contribution in [-0.2, 0) is 10.2 Å². The fourth-order valence-electron chi connectivity index (χ4n) is 3.56. The minimum atomic E-state index is 0.0908. The van der Waals surface area contributed by atoms with Gasteiger partial charge in [0, 0.05) is 12.8 Å². The lowest BCUT2D eigenvalue weighted by molar-refractivity contribution is -0.120. The summed E-state index contributed by atoms with van der Waals surface area (Å²) in [4.78, 5) is 11.6. The van der Waals surface area contributed by atoms with Crippen molar-refractivity contribution >= 4 is 5.78 Å². The summed E-state index contributed by atoms with van der Waals surface area (Å²) >= 11 is 0. The zero-order chi connectivity index (χ0) is 16.2. The molecule has 0 bridgehead atoms. The van der Waals surface area contributed by atoms with Gasteiger partial charge in [0.1, 0.15) is 11.5 Å². The molecule has 1 atom stereocenters. The molecule has 1 saturated carbocycles.